The van der Waals surface area contributed by atoms with Gasteiger partial charge in [0, 0.05) is 12.2 Å². The van der Waals surface area contributed by atoms with Crippen LogP contribution in [0.5, 0.6) is 0 Å². The van der Waals surface area contributed by atoms with Crippen molar-refractivity contribution in [1.29, 1.82) is 0 Å². The molecule has 2 rings (SSSR count). The third-order valence-corrected chi connectivity index (χ3v) is 4.35. The molecule has 8 heteroatoms. The molecule has 0 aliphatic heterocycles. The fourth-order valence-electron chi connectivity index (χ4n) is 1.76. The number of hydrogen-bond acceptors (Lipinski definition) is 5. The van der Waals surface area contributed by atoms with Crippen LogP contribution in [0.3, 0.4) is 0 Å². The van der Waals surface area contributed by atoms with Crippen molar-refractivity contribution in [2.45, 2.75) is 17.9 Å². The Morgan fingerprint density at radius 3 is 2.48 bits per heavy atom. The lowest BCUT2D eigenvalue weighted by molar-refractivity contribution is 0.566. The summed E-state index contributed by atoms with van der Waals surface area (Å²) in [6.45, 7) is 1.78. The number of aromatic nitrogens is 1. The molecule has 3 N–H and O–H groups in total. The number of nitrogens with zero attached hydrogens (tertiary/aromatic N) is 3. The standard InChI is InChI=1S/C13H15N5O2S/c1-10(11-5-3-2-4-6-11)17-21(19,20)12-7-8-13(15-9-12)16-18-14/h2-10,17H,1H3,(H2,14,15,16). The van der Waals surface area contributed by atoms with Gasteiger partial charge in [-0.15, -0.1) is 5.11 Å². The summed E-state index contributed by atoms with van der Waals surface area (Å²) in [5.74, 6) is 5.15. The van der Waals surface area contributed by atoms with Gasteiger partial charge in [0.2, 0.25) is 10.0 Å². The van der Waals surface area contributed by atoms with E-state index in [-0.39, 0.29) is 16.8 Å². The number of hydrogen-bond donors (Lipinski definition) is 2. The summed E-state index contributed by atoms with van der Waals surface area (Å²) < 4.78 is 27.1. The zero-order valence-electron chi connectivity index (χ0n) is 11.3. The molecule has 0 radical (unpaired) electrons. The zero-order chi connectivity index (χ0) is 15.3. The van der Waals surface area contributed by atoms with E-state index >= 15 is 0 Å². The van der Waals surface area contributed by atoms with Crippen LogP contribution in [0.15, 0.2) is 63.9 Å². The first-order valence-electron chi connectivity index (χ1n) is 6.17. The van der Waals surface area contributed by atoms with Crippen LogP contribution in [0.1, 0.15) is 18.5 Å². The molecule has 0 amide bonds. The molecule has 7 nitrogen and oxygen atoms in total. The SMILES string of the molecule is CC(NS(=O)(=O)c1ccc(N=NN)nc1)c1ccccc1. The molecule has 0 aliphatic rings. The molecule has 2 aromatic rings. The van der Waals surface area contributed by atoms with Crippen molar-refractivity contribution in [2.24, 2.45) is 16.2 Å². The fraction of sp³-hybridized carbons (Fsp3) is 0.154. The van der Waals surface area contributed by atoms with Crippen molar-refractivity contribution in [1.82, 2.24) is 9.71 Å². The highest BCUT2D eigenvalue weighted by Crippen LogP contribution is 2.17. The predicted octanol–water partition coefficient (Wildman–Crippen LogP) is 2.08. The molecule has 0 bridgehead atoms. The van der Waals surface area contributed by atoms with Crippen LogP contribution < -0.4 is 10.6 Å². The number of benzene rings is 1. The minimum absolute atomic E-state index is 0.0567. The number of rotatable bonds is 5. The van der Waals surface area contributed by atoms with Gasteiger partial charge in [-0.05, 0) is 24.6 Å². The molecule has 0 spiro atoms. The van der Waals surface area contributed by atoms with Crippen molar-refractivity contribution < 1.29 is 8.42 Å². The van der Waals surface area contributed by atoms with E-state index in [0.717, 1.165) is 5.56 Å². The second-order valence-corrected chi connectivity index (χ2v) is 6.04. The molecule has 1 aromatic heterocycles. The molecule has 1 aromatic carbocycles. The lowest BCUT2D eigenvalue weighted by atomic mass is 10.1. The summed E-state index contributed by atoms with van der Waals surface area (Å²) in [7, 11) is -3.66. The van der Waals surface area contributed by atoms with Gasteiger partial charge in [-0.1, -0.05) is 35.6 Å². The van der Waals surface area contributed by atoms with Gasteiger partial charge in [0.1, 0.15) is 4.90 Å². The quantitative estimate of drug-likeness (QED) is 0.500. The second-order valence-electron chi connectivity index (χ2n) is 4.32. The summed E-state index contributed by atoms with van der Waals surface area (Å²) >= 11 is 0. The van der Waals surface area contributed by atoms with Crippen LogP contribution in [0.4, 0.5) is 5.82 Å². The Hall–Kier alpha value is -2.32. The number of sulfonamides is 1. The van der Waals surface area contributed by atoms with Gasteiger partial charge in [0.05, 0.1) is 0 Å². The van der Waals surface area contributed by atoms with Crippen molar-refractivity contribution in [3.05, 3.63) is 54.2 Å². The smallest absolute Gasteiger partial charge is 0.242 e. The average molecular weight is 305 g/mol. The molecular formula is C13H15N5O2S. The molecule has 0 saturated carbocycles. The zero-order valence-corrected chi connectivity index (χ0v) is 12.2. The van der Waals surface area contributed by atoms with Crippen molar-refractivity contribution in [3.8, 4) is 0 Å². The maximum absolute atomic E-state index is 12.3. The lowest BCUT2D eigenvalue weighted by Crippen LogP contribution is -2.26. The van der Waals surface area contributed by atoms with E-state index in [9.17, 15) is 8.42 Å². The molecule has 1 heterocycles. The molecular weight excluding hydrogens is 290 g/mol. The fourth-order valence-corrected chi connectivity index (χ4v) is 2.94. The van der Waals surface area contributed by atoms with E-state index < -0.39 is 10.0 Å². The second kappa shape index (κ2) is 6.42. The van der Waals surface area contributed by atoms with Crippen molar-refractivity contribution >= 4 is 15.8 Å². The van der Waals surface area contributed by atoms with E-state index in [4.69, 9.17) is 5.84 Å². The van der Waals surface area contributed by atoms with Gasteiger partial charge >= 0.3 is 0 Å². The van der Waals surface area contributed by atoms with Crippen molar-refractivity contribution in [3.63, 3.8) is 0 Å². The first-order valence-corrected chi connectivity index (χ1v) is 7.65. The average Bonchev–Trinajstić information content (AvgIpc) is 2.48. The highest BCUT2D eigenvalue weighted by molar-refractivity contribution is 7.89. The Morgan fingerprint density at radius 1 is 1.19 bits per heavy atom. The van der Waals surface area contributed by atoms with E-state index in [0.29, 0.717) is 0 Å². The Kier molecular flexibility index (Phi) is 4.61. The molecule has 21 heavy (non-hydrogen) atoms. The molecule has 0 aliphatic carbocycles. The van der Waals surface area contributed by atoms with Gasteiger partial charge in [-0.25, -0.2) is 18.1 Å². The van der Waals surface area contributed by atoms with Crippen LogP contribution >= 0.6 is 0 Å². The monoisotopic (exact) mass is 305 g/mol. The third kappa shape index (κ3) is 3.83. The van der Waals surface area contributed by atoms with E-state index in [1.165, 1.54) is 18.3 Å². The van der Waals surface area contributed by atoms with Crippen LogP contribution in [-0.2, 0) is 10.0 Å². The van der Waals surface area contributed by atoms with Gasteiger partial charge in [-0.2, -0.15) is 0 Å². The highest BCUT2D eigenvalue weighted by Gasteiger charge is 2.18. The maximum atomic E-state index is 12.3. The predicted molar refractivity (Wildman–Crippen MR) is 78.1 cm³/mol. The van der Waals surface area contributed by atoms with Crippen LogP contribution in [0.25, 0.3) is 0 Å². The van der Waals surface area contributed by atoms with E-state index in [1.807, 2.05) is 30.3 Å². The Bertz CT molecular complexity index is 714. The van der Waals surface area contributed by atoms with E-state index in [1.54, 1.807) is 6.92 Å². The summed E-state index contributed by atoms with van der Waals surface area (Å²) in [5, 5.41) is 6.60. The molecule has 0 fully saturated rings. The Morgan fingerprint density at radius 2 is 1.90 bits per heavy atom. The first kappa shape index (κ1) is 15.1. The van der Waals surface area contributed by atoms with Gasteiger partial charge < -0.3 is 5.84 Å². The molecule has 110 valence electrons. The summed E-state index contributed by atoms with van der Waals surface area (Å²) in [6, 6.07) is 11.8. The van der Waals surface area contributed by atoms with Crippen LogP contribution in [0, 0.1) is 0 Å². The topological polar surface area (TPSA) is 110 Å². The number of pyridine rings is 1. The first-order chi connectivity index (χ1) is 10.0. The van der Waals surface area contributed by atoms with Crippen LogP contribution in [0.2, 0.25) is 0 Å². The Balaban J connectivity index is 2.18. The summed E-state index contributed by atoms with van der Waals surface area (Å²) in [6.07, 6.45) is 1.21. The maximum Gasteiger partial charge on any atom is 0.242 e. The minimum atomic E-state index is -3.66. The van der Waals surface area contributed by atoms with Crippen molar-refractivity contribution in [2.75, 3.05) is 0 Å². The molecule has 0 saturated heterocycles. The normalized spacial score (nSPS) is 13.4. The van der Waals surface area contributed by atoms with E-state index in [2.05, 4.69) is 20.0 Å². The summed E-state index contributed by atoms with van der Waals surface area (Å²) in [5.41, 5.74) is 0.877. The third-order valence-electron chi connectivity index (χ3n) is 2.82. The lowest BCUT2D eigenvalue weighted by Gasteiger charge is -2.14. The van der Waals surface area contributed by atoms with Gasteiger partial charge in [-0.3, -0.25) is 0 Å². The Labute approximate surface area is 123 Å². The molecule has 1 atom stereocenters. The van der Waals surface area contributed by atoms with Crippen LogP contribution in [-0.4, -0.2) is 13.4 Å². The number of nitrogens with two attached hydrogens (primary N) is 1. The highest BCUT2D eigenvalue weighted by atomic mass is 32.2. The van der Waals surface area contributed by atoms with Gasteiger partial charge in [0.15, 0.2) is 5.82 Å². The van der Waals surface area contributed by atoms with Gasteiger partial charge in [0.25, 0.3) is 0 Å². The minimum Gasteiger partial charge on any atom is -0.305 e. The molecule has 1 unspecified atom stereocenters. The number of nitrogens with one attached hydrogen (secondary N) is 1. The summed E-state index contributed by atoms with van der Waals surface area (Å²) in [4.78, 5) is 3.91. The largest absolute Gasteiger partial charge is 0.305 e.